The quantitative estimate of drug-likeness (QED) is 0.117. The molecule has 0 unspecified atom stereocenters. The first-order valence-electron chi connectivity index (χ1n) is 12.0. The highest BCUT2D eigenvalue weighted by molar-refractivity contribution is 6.12. The van der Waals surface area contributed by atoms with Crippen LogP contribution in [0.15, 0.2) is 12.2 Å². The number of ether oxygens (including phenoxy) is 6. The first kappa shape index (κ1) is 31.6. The smallest absolute Gasteiger partial charge is 0.303 e. The molecule has 1 aliphatic heterocycles. The zero-order valence-electron chi connectivity index (χ0n) is 20.7. The van der Waals surface area contributed by atoms with E-state index in [1.807, 2.05) is 0 Å². The van der Waals surface area contributed by atoms with Crippen LogP contribution in [0.2, 0.25) is 0 Å². The van der Waals surface area contributed by atoms with Gasteiger partial charge >= 0.3 is 5.97 Å². The van der Waals surface area contributed by atoms with Crippen molar-refractivity contribution in [2.24, 2.45) is 0 Å². The van der Waals surface area contributed by atoms with Crippen molar-refractivity contribution in [3.63, 3.8) is 0 Å². The third-order valence-corrected chi connectivity index (χ3v) is 4.57. The van der Waals surface area contributed by atoms with Gasteiger partial charge in [-0.3, -0.25) is 24.1 Å². The Bertz CT molecular complexity index is 654. The molecule has 206 valence electrons. The summed E-state index contributed by atoms with van der Waals surface area (Å²) in [5.74, 6) is -1.89. The molecular weight excluding hydrogens is 480 g/mol. The number of amides is 3. The van der Waals surface area contributed by atoms with Gasteiger partial charge < -0.3 is 38.8 Å². The minimum absolute atomic E-state index is 0.0153. The van der Waals surface area contributed by atoms with Crippen LogP contribution in [-0.2, 0) is 47.6 Å². The van der Waals surface area contributed by atoms with E-state index in [1.165, 1.54) is 12.2 Å². The lowest BCUT2D eigenvalue weighted by Gasteiger charge is -2.13. The molecule has 0 saturated heterocycles. The van der Waals surface area contributed by atoms with Gasteiger partial charge in [0.05, 0.1) is 85.6 Å². The first-order valence-corrected chi connectivity index (χ1v) is 12.0. The maximum atomic E-state index is 11.4. The van der Waals surface area contributed by atoms with Crippen molar-refractivity contribution in [1.82, 2.24) is 10.2 Å². The van der Waals surface area contributed by atoms with Gasteiger partial charge in [0.15, 0.2) is 0 Å². The summed E-state index contributed by atoms with van der Waals surface area (Å²) in [7, 11) is 0. The van der Waals surface area contributed by atoms with E-state index >= 15 is 0 Å². The van der Waals surface area contributed by atoms with Gasteiger partial charge in [-0.15, -0.1) is 0 Å². The van der Waals surface area contributed by atoms with Crippen LogP contribution in [-0.4, -0.2) is 126 Å². The van der Waals surface area contributed by atoms with Gasteiger partial charge in [0, 0.05) is 31.7 Å². The van der Waals surface area contributed by atoms with Crippen LogP contribution in [0.3, 0.4) is 0 Å². The van der Waals surface area contributed by atoms with Crippen molar-refractivity contribution in [3.8, 4) is 0 Å². The topological polar surface area (TPSA) is 159 Å². The van der Waals surface area contributed by atoms with Crippen molar-refractivity contribution in [3.05, 3.63) is 12.2 Å². The van der Waals surface area contributed by atoms with E-state index in [4.69, 9.17) is 33.5 Å². The van der Waals surface area contributed by atoms with E-state index < -0.39 is 5.97 Å². The van der Waals surface area contributed by atoms with Crippen LogP contribution >= 0.6 is 0 Å². The van der Waals surface area contributed by atoms with Gasteiger partial charge in [-0.1, -0.05) is 0 Å². The molecule has 0 aromatic heterocycles. The van der Waals surface area contributed by atoms with Gasteiger partial charge in [0.1, 0.15) is 0 Å². The van der Waals surface area contributed by atoms with Crippen molar-refractivity contribution in [1.29, 1.82) is 0 Å². The van der Waals surface area contributed by atoms with Gasteiger partial charge in [-0.05, 0) is 6.42 Å². The predicted molar refractivity (Wildman–Crippen MR) is 125 cm³/mol. The fraction of sp³-hybridized carbons (Fsp3) is 0.739. The lowest BCUT2D eigenvalue weighted by atomic mass is 10.3. The monoisotopic (exact) mass is 518 g/mol. The zero-order chi connectivity index (χ0) is 26.3. The number of nitrogens with zero attached hydrogens (tertiary/aromatic N) is 1. The highest BCUT2D eigenvalue weighted by Crippen LogP contribution is 2.02. The summed E-state index contributed by atoms with van der Waals surface area (Å²) in [5, 5.41) is 11.1. The molecule has 13 heteroatoms. The second kappa shape index (κ2) is 21.8. The largest absolute Gasteiger partial charge is 0.481 e. The molecule has 0 aliphatic carbocycles. The second-order valence-electron chi connectivity index (χ2n) is 7.43. The Balaban J connectivity index is 1.69. The molecule has 0 saturated carbocycles. The molecule has 2 N–H and O–H groups in total. The van der Waals surface area contributed by atoms with Gasteiger partial charge in [0.25, 0.3) is 11.8 Å². The first-order chi connectivity index (χ1) is 17.5. The van der Waals surface area contributed by atoms with Gasteiger partial charge in [0.2, 0.25) is 5.91 Å². The summed E-state index contributed by atoms with van der Waals surface area (Å²) in [5.41, 5.74) is 0. The number of nitrogens with one attached hydrogen (secondary N) is 1. The maximum absolute atomic E-state index is 11.4. The molecule has 0 aromatic carbocycles. The molecule has 0 atom stereocenters. The number of aliphatic carboxylic acids is 1. The fourth-order valence-corrected chi connectivity index (χ4v) is 2.72. The lowest BCUT2D eigenvalue weighted by Crippen LogP contribution is -2.33. The van der Waals surface area contributed by atoms with E-state index in [2.05, 4.69) is 5.32 Å². The molecule has 0 aromatic rings. The number of carboxylic acid groups (broad SMARTS) is 1. The van der Waals surface area contributed by atoms with Crippen molar-refractivity contribution in [2.75, 3.05) is 92.4 Å². The van der Waals surface area contributed by atoms with E-state index in [0.717, 1.165) is 4.90 Å². The van der Waals surface area contributed by atoms with Crippen molar-refractivity contribution in [2.45, 2.75) is 19.3 Å². The van der Waals surface area contributed by atoms with Crippen LogP contribution in [0.1, 0.15) is 19.3 Å². The lowest BCUT2D eigenvalue weighted by molar-refractivity contribution is -0.139. The van der Waals surface area contributed by atoms with Crippen LogP contribution in [0, 0.1) is 0 Å². The van der Waals surface area contributed by atoms with Crippen molar-refractivity contribution < 1.29 is 52.7 Å². The second-order valence-corrected chi connectivity index (χ2v) is 7.43. The Hall–Kier alpha value is -2.42. The molecule has 1 rings (SSSR count). The van der Waals surface area contributed by atoms with Crippen LogP contribution in [0.5, 0.6) is 0 Å². The van der Waals surface area contributed by atoms with Crippen molar-refractivity contribution >= 4 is 23.7 Å². The zero-order valence-corrected chi connectivity index (χ0v) is 20.7. The summed E-state index contributed by atoms with van der Waals surface area (Å²) < 4.78 is 32.3. The molecule has 0 bridgehead atoms. The Labute approximate surface area is 211 Å². The Kier molecular flexibility index (Phi) is 19.2. The fourth-order valence-electron chi connectivity index (χ4n) is 2.72. The molecule has 0 fully saturated rings. The molecule has 1 heterocycles. The van der Waals surface area contributed by atoms with E-state index in [9.17, 15) is 19.2 Å². The Morgan fingerprint density at radius 1 is 0.667 bits per heavy atom. The molecule has 1 aliphatic rings. The van der Waals surface area contributed by atoms with Crippen LogP contribution in [0.4, 0.5) is 0 Å². The van der Waals surface area contributed by atoms with E-state index in [0.29, 0.717) is 85.6 Å². The predicted octanol–water partition coefficient (Wildman–Crippen LogP) is -0.618. The number of hydrogen-bond acceptors (Lipinski definition) is 10. The van der Waals surface area contributed by atoms with Gasteiger partial charge in [-0.25, -0.2) is 0 Å². The molecule has 0 spiro atoms. The number of carbonyl (C=O) groups is 4. The maximum Gasteiger partial charge on any atom is 0.303 e. The summed E-state index contributed by atoms with van der Waals surface area (Å²) in [6, 6.07) is 0. The number of hydrogen-bond donors (Lipinski definition) is 2. The third kappa shape index (κ3) is 17.9. The molecule has 0 radical (unpaired) electrons. The number of rotatable bonds is 25. The molecule has 36 heavy (non-hydrogen) atoms. The standard InChI is InChI=1S/C23H38N2O11/c26-20(2-5-23(29)30)24-6-1-8-31-10-12-33-14-16-35-18-19-36-17-15-34-13-11-32-9-7-25-21(27)3-4-22(25)28/h3-4H,1-2,5-19H2,(H,24,26)(H,29,30). The summed E-state index contributed by atoms with van der Waals surface area (Å²) in [4.78, 5) is 45.5. The van der Waals surface area contributed by atoms with E-state index in [-0.39, 0.29) is 43.7 Å². The molecule has 13 nitrogen and oxygen atoms in total. The number of imide groups is 1. The van der Waals surface area contributed by atoms with Crippen LogP contribution < -0.4 is 5.32 Å². The summed E-state index contributed by atoms with van der Waals surface area (Å²) in [6.45, 7) is 5.73. The minimum Gasteiger partial charge on any atom is -0.481 e. The Morgan fingerprint density at radius 3 is 1.53 bits per heavy atom. The average molecular weight is 519 g/mol. The number of carbonyl (C=O) groups excluding carboxylic acids is 3. The molecule has 3 amide bonds. The third-order valence-electron chi connectivity index (χ3n) is 4.57. The highest BCUT2D eigenvalue weighted by Gasteiger charge is 2.22. The Morgan fingerprint density at radius 2 is 1.08 bits per heavy atom. The SMILES string of the molecule is O=C(O)CCC(=O)NCCCOCCOCCOCCOCCOCCOCCN1C(=O)C=CC1=O. The summed E-state index contributed by atoms with van der Waals surface area (Å²) >= 11 is 0. The highest BCUT2D eigenvalue weighted by atomic mass is 16.6. The number of carboxylic acids is 1. The summed E-state index contributed by atoms with van der Waals surface area (Å²) in [6.07, 6.45) is 2.95. The normalized spacial score (nSPS) is 13.1. The average Bonchev–Trinajstić information content (AvgIpc) is 3.17. The van der Waals surface area contributed by atoms with Gasteiger partial charge in [-0.2, -0.15) is 0 Å². The van der Waals surface area contributed by atoms with E-state index in [1.54, 1.807) is 0 Å². The van der Waals surface area contributed by atoms with Crippen LogP contribution in [0.25, 0.3) is 0 Å². The molecular formula is C23H38N2O11. The minimum atomic E-state index is -0.988.